The Labute approximate surface area is 162 Å². The topological polar surface area (TPSA) is 0 Å². The number of halogens is 1. The molecule has 0 rings (SSSR count). The van der Waals surface area contributed by atoms with Gasteiger partial charge in [0.1, 0.15) is 0 Å². The molecule has 0 saturated heterocycles. The largest absolute Gasteiger partial charge is 1.00 e. The summed E-state index contributed by atoms with van der Waals surface area (Å²) in [6, 6.07) is 0. The molecule has 0 N–H and O–H groups in total. The Morgan fingerprint density at radius 1 is 0.789 bits per heavy atom. The minimum Gasteiger partial charge on any atom is 1.00 e. The molecule has 0 heterocycles. The van der Waals surface area contributed by atoms with Crippen molar-refractivity contribution < 1.29 is 33.1 Å². The summed E-state index contributed by atoms with van der Waals surface area (Å²) in [5.74, 6) is 0. The molecule has 0 amide bonds. The number of rotatable bonds is 9. The van der Waals surface area contributed by atoms with Gasteiger partial charge in [-0.1, -0.05) is 0 Å². The standard InChI is InChI=1S/3C4H9.C2H6S.BrH.Cu.Li.Sn/c3*1-3-4-2;1-3-2;;;;/h3*1,3-4H2,2H3;1-2H3;1H;;;/q;;;;;2*+1;/p-1. The van der Waals surface area contributed by atoms with E-state index in [1.165, 1.54) is 38.5 Å². The molecule has 19 heavy (non-hydrogen) atoms. The van der Waals surface area contributed by atoms with Gasteiger partial charge < -0.3 is 0 Å². The summed E-state index contributed by atoms with van der Waals surface area (Å²) in [5.41, 5.74) is 0. The molecular formula is C14H33BrCuLiSSn+. The van der Waals surface area contributed by atoms with E-state index in [1.54, 1.807) is 25.1 Å². The fraction of sp³-hybridized carbons (Fsp3) is 1.00. The molecule has 0 aromatic carbocycles. The zero-order chi connectivity index (χ0) is 14.6. The molecule has 117 valence electrons. The summed E-state index contributed by atoms with van der Waals surface area (Å²) in [4.78, 5) is 0. The molecule has 0 nitrogen and oxygen atoms in total. The van der Waals surface area contributed by atoms with Crippen LogP contribution in [0.3, 0.4) is 0 Å². The third-order valence-corrected chi connectivity index (χ3v) is 11.7. The van der Waals surface area contributed by atoms with Gasteiger partial charge >= 0.3 is 140 Å². The second-order valence-corrected chi connectivity index (χ2v) is 13.8. The van der Waals surface area contributed by atoms with Gasteiger partial charge in [0.2, 0.25) is 0 Å². The molecule has 0 aliphatic rings. The van der Waals surface area contributed by atoms with Crippen molar-refractivity contribution in [3.63, 3.8) is 0 Å². The Morgan fingerprint density at radius 2 is 1.00 bits per heavy atom. The fourth-order valence-electron chi connectivity index (χ4n) is 1.66. The number of hydrogen-bond donors (Lipinski definition) is 0. The zero-order valence-corrected chi connectivity index (χ0v) is 20.1. The molecule has 0 atom stereocenters. The van der Waals surface area contributed by atoms with Gasteiger partial charge in [0.15, 0.2) is 0 Å². The zero-order valence-electron chi connectivity index (χ0n) is 14.0. The second kappa shape index (κ2) is 32.6. The number of unbranched alkanes of at least 4 members (excludes halogenated alkanes) is 3. The average molecular weight is 503 g/mol. The quantitative estimate of drug-likeness (QED) is 0.434. The van der Waals surface area contributed by atoms with Gasteiger partial charge in [-0.05, 0) is 12.5 Å². The minimum atomic E-state index is -0.839. The third kappa shape index (κ3) is 33.5. The molecule has 0 fully saturated rings. The van der Waals surface area contributed by atoms with Crippen LogP contribution in [-0.4, -0.2) is 32.3 Å². The van der Waals surface area contributed by atoms with Crippen molar-refractivity contribution >= 4 is 45.6 Å². The fourth-order valence-corrected chi connectivity index (χ4v) is 11.1. The van der Waals surface area contributed by atoms with Crippen molar-refractivity contribution in [1.29, 1.82) is 0 Å². The summed E-state index contributed by atoms with van der Waals surface area (Å²) in [7, 11) is 0. The Bertz CT molecular complexity index is 105. The molecule has 1 radical (unpaired) electrons. The summed E-state index contributed by atoms with van der Waals surface area (Å²) >= 11 is 7.41. The van der Waals surface area contributed by atoms with Crippen molar-refractivity contribution in [3.8, 4) is 0 Å². The van der Waals surface area contributed by atoms with Crippen molar-refractivity contribution in [1.82, 2.24) is 0 Å². The van der Waals surface area contributed by atoms with E-state index in [0.717, 1.165) is 0 Å². The van der Waals surface area contributed by atoms with Crippen molar-refractivity contribution in [2.24, 2.45) is 0 Å². The molecule has 0 saturated carbocycles. The van der Waals surface area contributed by atoms with Crippen LogP contribution in [0, 0.1) is 0 Å². The first-order chi connectivity index (χ1) is 8.76. The molecule has 0 unspecified atom stereocenters. The maximum atomic E-state index is 4.00. The molecule has 0 aromatic rings. The van der Waals surface area contributed by atoms with Crippen molar-refractivity contribution in [2.75, 3.05) is 12.5 Å². The molecule has 0 aliphatic heterocycles. The maximum Gasteiger partial charge on any atom is 1.00 e. The van der Waals surface area contributed by atoms with E-state index in [4.69, 9.17) is 0 Å². The van der Waals surface area contributed by atoms with E-state index in [1.807, 2.05) is 12.5 Å². The van der Waals surface area contributed by atoms with E-state index >= 15 is 0 Å². The average Bonchev–Trinajstić information content (AvgIpc) is 2.41. The molecule has 5 heteroatoms. The summed E-state index contributed by atoms with van der Waals surface area (Å²) < 4.78 is 5.04. The molecule has 0 aromatic heterocycles. The van der Waals surface area contributed by atoms with Gasteiger partial charge in [-0.25, -0.2) is 0 Å². The first-order valence-electron chi connectivity index (χ1n) is 7.11. The van der Waals surface area contributed by atoms with Crippen LogP contribution >= 0.6 is 25.9 Å². The molecule has 0 aliphatic carbocycles. The summed E-state index contributed by atoms with van der Waals surface area (Å²) in [5, 5.41) is 0. The van der Waals surface area contributed by atoms with Crippen LogP contribution in [0.4, 0.5) is 0 Å². The van der Waals surface area contributed by atoms with Gasteiger partial charge in [0.25, 0.3) is 0 Å². The smallest absolute Gasteiger partial charge is 1.00 e. The Kier molecular flexibility index (Phi) is 51.0. The van der Waals surface area contributed by atoms with Crippen molar-refractivity contribution in [2.45, 2.75) is 72.6 Å². The van der Waals surface area contributed by atoms with Gasteiger partial charge in [-0.3, -0.25) is 0 Å². The van der Waals surface area contributed by atoms with Gasteiger partial charge in [-0.15, -0.1) is 0 Å². The van der Waals surface area contributed by atoms with Crippen LogP contribution in [0.15, 0.2) is 0 Å². The van der Waals surface area contributed by atoms with Crippen LogP contribution in [0.2, 0.25) is 13.3 Å². The van der Waals surface area contributed by atoms with Crippen molar-refractivity contribution in [3.05, 3.63) is 0 Å². The van der Waals surface area contributed by atoms with Gasteiger partial charge in [-0.2, -0.15) is 11.8 Å². The van der Waals surface area contributed by atoms with E-state index in [9.17, 15) is 0 Å². The first-order valence-corrected chi connectivity index (χ1v) is 17.1. The third-order valence-electron chi connectivity index (χ3n) is 2.65. The molecular weight excluding hydrogens is 469 g/mol. The summed E-state index contributed by atoms with van der Waals surface area (Å²) in [6.07, 6.45) is 12.9. The van der Waals surface area contributed by atoms with E-state index in [-0.39, 0.29) is 18.9 Å². The number of hydrogen-bond acceptors (Lipinski definition) is 1. The van der Waals surface area contributed by atoms with E-state index < -0.39 is 19.8 Å². The molecule has 0 bridgehead atoms. The maximum absolute atomic E-state index is 4.00. The number of thioether (sulfide) groups is 1. The minimum absolute atomic E-state index is 0. The summed E-state index contributed by atoms with van der Waals surface area (Å²) in [6.45, 7) is 7.00. The van der Waals surface area contributed by atoms with E-state index in [0.29, 0.717) is 0 Å². The monoisotopic (exact) mass is 502 g/mol. The van der Waals surface area contributed by atoms with Gasteiger partial charge in [0, 0.05) is 0 Å². The van der Waals surface area contributed by atoms with Gasteiger partial charge in [0.05, 0.1) is 0 Å². The Hall–Kier alpha value is 2.75. The van der Waals surface area contributed by atoms with E-state index in [2.05, 4.69) is 49.1 Å². The molecule has 0 spiro atoms. The second-order valence-electron chi connectivity index (χ2n) is 4.47. The Balaban J connectivity index is -0.000000164. The van der Waals surface area contributed by atoms with Crippen LogP contribution in [-0.2, 0) is 14.2 Å². The van der Waals surface area contributed by atoms with Crippen LogP contribution in [0.5, 0.6) is 0 Å². The first kappa shape index (κ1) is 29.7. The van der Waals surface area contributed by atoms with Crippen LogP contribution in [0.25, 0.3) is 0 Å². The van der Waals surface area contributed by atoms with Crippen LogP contribution < -0.4 is 18.9 Å². The predicted molar refractivity (Wildman–Crippen MR) is 93.3 cm³/mol. The SMILES string of the molecule is CCC[CH2][Sn]([CH2]CCC)[CH2]CCC.CSC.[Cu][Br].[Li+]. The normalized spacial score (nSPS) is 8.89. The van der Waals surface area contributed by atoms with Crippen LogP contribution in [0.1, 0.15) is 59.3 Å². The predicted octanol–water partition coefficient (Wildman–Crippen LogP) is 3.71. The Morgan fingerprint density at radius 3 is 1.16 bits per heavy atom.